The van der Waals surface area contributed by atoms with Crippen molar-refractivity contribution in [3.8, 4) is 5.88 Å². The van der Waals surface area contributed by atoms with E-state index in [1.165, 1.54) is 7.11 Å². The summed E-state index contributed by atoms with van der Waals surface area (Å²) in [6.45, 7) is 0.707. The second-order valence-corrected chi connectivity index (χ2v) is 5.77. The molecule has 0 saturated carbocycles. The van der Waals surface area contributed by atoms with Crippen molar-refractivity contribution in [1.29, 1.82) is 0 Å². The summed E-state index contributed by atoms with van der Waals surface area (Å²) in [4.78, 5) is 20.0. The van der Waals surface area contributed by atoms with Crippen LogP contribution in [0.4, 0.5) is 0 Å². The van der Waals surface area contributed by atoms with Gasteiger partial charge >= 0.3 is 5.97 Å². The molecule has 0 unspecified atom stereocenters. The lowest BCUT2D eigenvalue weighted by Gasteiger charge is -2.12. The maximum atomic E-state index is 11.5. The summed E-state index contributed by atoms with van der Waals surface area (Å²) in [6, 6.07) is 3.66. The van der Waals surface area contributed by atoms with Crippen molar-refractivity contribution >= 4 is 32.8 Å². The summed E-state index contributed by atoms with van der Waals surface area (Å²) in [5.41, 5.74) is 0.780. The van der Waals surface area contributed by atoms with Gasteiger partial charge in [0.25, 0.3) is 0 Å². The molecule has 0 spiro atoms. The number of hydrogen-bond acceptors (Lipinski definition) is 5. The van der Waals surface area contributed by atoms with Crippen LogP contribution >= 0.6 is 15.9 Å². The van der Waals surface area contributed by atoms with Gasteiger partial charge in [-0.05, 0) is 28.1 Å². The molecule has 2 N–H and O–H groups in total. The molecule has 2 atom stereocenters. The number of aromatic nitrogens is 2. The second-order valence-electron chi connectivity index (χ2n) is 4.92. The molecule has 2 aromatic rings. The van der Waals surface area contributed by atoms with Crippen molar-refractivity contribution in [2.24, 2.45) is 0 Å². The Bertz CT molecular complexity index is 685. The Balaban J connectivity index is 0.00000176. The fraction of sp³-hybridized carbons (Fsp3) is 0.357. The van der Waals surface area contributed by atoms with E-state index in [-0.39, 0.29) is 30.5 Å². The maximum absolute atomic E-state index is 11.5. The molecular formula is C14H15BrClN3O3. The van der Waals surface area contributed by atoms with Crippen molar-refractivity contribution in [1.82, 2.24) is 9.97 Å². The molecule has 0 radical (unpaired) electrons. The minimum Gasteiger partial charge on any atom is -1.00 e. The minimum absolute atomic E-state index is 0. The summed E-state index contributed by atoms with van der Waals surface area (Å²) >= 11 is 3.47. The highest BCUT2D eigenvalue weighted by Gasteiger charge is 2.36. The van der Waals surface area contributed by atoms with E-state index in [0.717, 1.165) is 15.4 Å². The molecular weight excluding hydrogens is 374 g/mol. The van der Waals surface area contributed by atoms with E-state index in [9.17, 15) is 4.79 Å². The van der Waals surface area contributed by atoms with E-state index in [2.05, 4.69) is 25.9 Å². The average Bonchev–Trinajstić information content (AvgIpc) is 2.96. The standard InChI is InChI=1S/C14H14BrN3O3.ClH/c1-20-14(19)11-5-9(6-17-11)21-13-10(15)4-8-2-3-16-7-12(8)18-13;/h2-4,7,9,11,17H,5-6H2,1H3;1H/t9-,11+;/m1./s1. The third-order valence-corrected chi connectivity index (χ3v) is 4.09. The first-order valence-electron chi connectivity index (χ1n) is 6.65. The lowest BCUT2D eigenvalue weighted by atomic mass is 10.2. The average molecular weight is 389 g/mol. The topological polar surface area (TPSA) is 77.9 Å². The van der Waals surface area contributed by atoms with E-state index in [1.54, 1.807) is 12.4 Å². The van der Waals surface area contributed by atoms with Crippen molar-refractivity contribution < 1.29 is 32.0 Å². The number of esters is 1. The highest BCUT2D eigenvalue weighted by Crippen LogP contribution is 2.28. The molecule has 1 saturated heterocycles. The van der Waals surface area contributed by atoms with Gasteiger partial charge in [-0.25, -0.2) is 9.78 Å². The lowest BCUT2D eigenvalue weighted by Crippen LogP contribution is -3.00. The van der Waals surface area contributed by atoms with Gasteiger partial charge in [-0.15, -0.1) is 0 Å². The molecule has 22 heavy (non-hydrogen) atoms. The lowest BCUT2D eigenvalue weighted by molar-refractivity contribution is -0.660. The number of nitrogens with zero attached hydrogens (tertiary/aromatic N) is 2. The molecule has 0 aromatic carbocycles. The maximum Gasteiger partial charge on any atom is 0.364 e. The first-order valence-corrected chi connectivity index (χ1v) is 7.44. The minimum atomic E-state index is -0.212. The van der Waals surface area contributed by atoms with Crippen LogP contribution in [-0.4, -0.2) is 41.7 Å². The number of rotatable bonds is 3. The molecule has 1 fully saturated rings. The van der Waals surface area contributed by atoms with Gasteiger partial charge < -0.3 is 27.2 Å². The zero-order valence-corrected chi connectivity index (χ0v) is 14.2. The number of pyridine rings is 2. The van der Waals surface area contributed by atoms with Crippen molar-refractivity contribution in [2.75, 3.05) is 13.7 Å². The molecule has 3 rings (SSSR count). The van der Waals surface area contributed by atoms with Crippen molar-refractivity contribution in [2.45, 2.75) is 18.6 Å². The predicted molar refractivity (Wildman–Crippen MR) is 78.9 cm³/mol. The zero-order chi connectivity index (χ0) is 14.8. The third-order valence-electron chi connectivity index (χ3n) is 3.52. The molecule has 8 heteroatoms. The van der Waals surface area contributed by atoms with Gasteiger partial charge in [0.1, 0.15) is 6.54 Å². The van der Waals surface area contributed by atoms with Crippen LogP contribution in [0.3, 0.4) is 0 Å². The van der Waals surface area contributed by atoms with Gasteiger partial charge in [0.2, 0.25) is 5.88 Å². The zero-order valence-electron chi connectivity index (χ0n) is 11.8. The smallest absolute Gasteiger partial charge is 0.364 e. The molecule has 1 aliphatic heterocycles. The fourth-order valence-electron chi connectivity index (χ4n) is 2.45. The Hall–Kier alpha value is -1.44. The number of nitrogens with two attached hydrogens (primary N) is 1. The van der Waals surface area contributed by atoms with Gasteiger partial charge in [-0.1, -0.05) is 0 Å². The summed E-state index contributed by atoms with van der Waals surface area (Å²) < 4.78 is 11.5. The third kappa shape index (κ3) is 3.48. The molecule has 0 aliphatic carbocycles. The van der Waals surface area contributed by atoms with Gasteiger partial charge in [-0.2, -0.15) is 0 Å². The quantitative estimate of drug-likeness (QED) is 0.596. The molecule has 0 amide bonds. The monoisotopic (exact) mass is 387 g/mol. The normalized spacial score (nSPS) is 20.5. The molecule has 2 aromatic heterocycles. The number of methoxy groups -OCH3 is 1. The van der Waals surface area contributed by atoms with Crippen LogP contribution in [0.25, 0.3) is 10.9 Å². The number of carbonyl (C=O) groups is 1. The Kier molecular flexibility index (Phi) is 5.55. The predicted octanol–water partition coefficient (Wildman–Crippen LogP) is -2.35. The van der Waals surface area contributed by atoms with Crippen LogP contribution in [0, 0.1) is 0 Å². The SMILES string of the molecule is COC(=O)[C@@H]1C[C@@H](Oc2nc3cnccc3cc2Br)C[NH2+]1.[Cl-]. The van der Waals surface area contributed by atoms with Crippen LogP contribution in [0.15, 0.2) is 29.0 Å². The van der Waals surface area contributed by atoms with Gasteiger partial charge in [0.15, 0.2) is 12.1 Å². The van der Waals surface area contributed by atoms with E-state index in [1.807, 2.05) is 17.4 Å². The Morgan fingerprint density at radius 2 is 2.32 bits per heavy atom. The van der Waals surface area contributed by atoms with Crippen LogP contribution in [0.2, 0.25) is 0 Å². The van der Waals surface area contributed by atoms with E-state index >= 15 is 0 Å². The Morgan fingerprint density at radius 1 is 1.50 bits per heavy atom. The number of ether oxygens (including phenoxy) is 2. The highest BCUT2D eigenvalue weighted by molar-refractivity contribution is 9.10. The Labute approximate surface area is 142 Å². The number of fused-ring (bicyclic) bond motifs is 1. The Morgan fingerprint density at radius 3 is 3.09 bits per heavy atom. The molecule has 3 heterocycles. The fourth-order valence-corrected chi connectivity index (χ4v) is 2.87. The van der Waals surface area contributed by atoms with E-state index in [4.69, 9.17) is 9.47 Å². The first-order chi connectivity index (χ1) is 10.2. The first kappa shape index (κ1) is 16.9. The van der Waals surface area contributed by atoms with Gasteiger partial charge in [0, 0.05) is 11.6 Å². The van der Waals surface area contributed by atoms with Crippen LogP contribution in [0.1, 0.15) is 6.42 Å². The summed E-state index contributed by atoms with van der Waals surface area (Å²) in [5.74, 6) is 0.315. The summed E-state index contributed by atoms with van der Waals surface area (Å²) in [7, 11) is 1.40. The number of quaternary nitrogens is 1. The van der Waals surface area contributed by atoms with E-state index in [0.29, 0.717) is 18.8 Å². The number of halogens is 2. The molecule has 6 nitrogen and oxygen atoms in total. The van der Waals surface area contributed by atoms with Gasteiger partial charge in [0.05, 0.1) is 29.7 Å². The van der Waals surface area contributed by atoms with Crippen LogP contribution < -0.4 is 22.5 Å². The summed E-state index contributed by atoms with van der Waals surface area (Å²) in [6.07, 6.45) is 3.98. The van der Waals surface area contributed by atoms with Crippen LogP contribution in [0.5, 0.6) is 5.88 Å². The van der Waals surface area contributed by atoms with Crippen molar-refractivity contribution in [3.63, 3.8) is 0 Å². The highest BCUT2D eigenvalue weighted by atomic mass is 79.9. The largest absolute Gasteiger partial charge is 1.00 e. The summed E-state index contributed by atoms with van der Waals surface area (Å²) in [5, 5.41) is 2.93. The second kappa shape index (κ2) is 7.21. The molecule has 0 bridgehead atoms. The van der Waals surface area contributed by atoms with Crippen molar-refractivity contribution in [3.05, 3.63) is 29.0 Å². The number of carbonyl (C=O) groups excluding carboxylic acids is 1. The molecule has 118 valence electrons. The van der Waals surface area contributed by atoms with Gasteiger partial charge in [-0.3, -0.25) is 4.98 Å². The number of hydrogen-bond donors (Lipinski definition) is 1. The molecule has 1 aliphatic rings. The van der Waals surface area contributed by atoms with E-state index < -0.39 is 0 Å². The van der Waals surface area contributed by atoms with Crippen LogP contribution in [-0.2, 0) is 9.53 Å².